The predicted molar refractivity (Wildman–Crippen MR) is 59.5 cm³/mol. The zero-order chi connectivity index (χ0) is 10.6. The summed E-state index contributed by atoms with van der Waals surface area (Å²) in [5, 5.41) is 2.65. The highest BCUT2D eigenvalue weighted by molar-refractivity contribution is 9.10. The van der Waals surface area contributed by atoms with Gasteiger partial charge in [-0.05, 0) is 34.1 Å². The quantitative estimate of drug-likeness (QED) is 0.844. The number of rotatable bonds is 3. The molecule has 0 saturated heterocycles. The Hall–Kier alpha value is -1.29. The second-order valence-corrected chi connectivity index (χ2v) is 3.39. The van der Waals surface area contributed by atoms with Crippen LogP contribution in [-0.4, -0.2) is 13.0 Å². The molecule has 0 aliphatic heterocycles. The zero-order valence-corrected chi connectivity index (χ0v) is 9.30. The predicted octanol–water partition coefficient (Wildman–Crippen LogP) is 2.58. The van der Waals surface area contributed by atoms with E-state index in [0.29, 0.717) is 11.4 Å². The molecule has 0 atom stereocenters. The number of benzene rings is 1. The molecule has 3 nitrogen and oxygen atoms in total. The number of carbonyl (C=O) groups is 1. The van der Waals surface area contributed by atoms with Crippen LogP contribution in [0.3, 0.4) is 0 Å². The highest BCUT2D eigenvalue weighted by Gasteiger charge is 2.03. The topological polar surface area (TPSA) is 38.3 Å². The van der Waals surface area contributed by atoms with Gasteiger partial charge < -0.3 is 10.1 Å². The van der Waals surface area contributed by atoms with Gasteiger partial charge in [0.05, 0.1) is 12.8 Å². The van der Waals surface area contributed by atoms with Crippen LogP contribution in [0.1, 0.15) is 0 Å². The van der Waals surface area contributed by atoms with Crippen molar-refractivity contribution < 1.29 is 9.53 Å². The van der Waals surface area contributed by atoms with Crippen LogP contribution in [0, 0.1) is 0 Å². The standard InChI is InChI=1S/C10H10BrNO2/c1-3-10(13)12-9-6-7(14-2)4-5-8(9)11/h3-6H,1H2,2H3,(H,12,13). The van der Waals surface area contributed by atoms with Crippen LogP contribution in [-0.2, 0) is 4.79 Å². The number of nitrogens with one attached hydrogen (secondary N) is 1. The Morgan fingerprint density at radius 3 is 2.93 bits per heavy atom. The number of hydrogen-bond acceptors (Lipinski definition) is 2. The van der Waals surface area contributed by atoms with E-state index in [0.717, 1.165) is 4.47 Å². The van der Waals surface area contributed by atoms with Crippen LogP contribution in [0.2, 0.25) is 0 Å². The summed E-state index contributed by atoms with van der Waals surface area (Å²) in [7, 11) is 1.57. The van der Waals surface area contributed by atoms with Gasteiger partial charge in [-0.15, -0.1) is 0 Å². The van der Waals surface area contributed by atoms with E-state index in [9.17, 15) is 4.79 Å². The molecule has 14 heavy (non-hydrogen) atoms. The molecular formula is C10H10BrNO2. The minimum absolute atomic E-state index is 0.251. The molecule has 0 aliphatic carbocycles. The van der Waals surface area contributed by atoms with Crippen LogP contribution >= 0.6 is 15.9 Å². The third-order valence-electron chi connectivity index (χ3n) is 1.62. The molecule has 0 bridgehead atoms. The zero-order valence-electron chi connectivity index (χ0n) is 7.71. The fraction of sp³-hybridized carbons (Fsp3) is 0.100. The minimum Gasteiger partial charge on any atom is -0.497 e. The molecule has 1 aromatic rings. The average molecular weight is 256 g/mol. The number of anilines is 1. The van der Waals surface area contributed by atoms with Gasteiger partial charge in [0.1, 0.15) is 5.75 Å². The first kappa shape index (κ1) is 10.8. The number of carbonyl (C=O) groups excluding carboxylic acids is 1. The molecule has 4 heteroatoms. The minimum atomic E-state index is -0.251. The highest BCUT2D eigenvalue weighted by Crippen LogP contribution is 2.26. The van der Waals surface area contributed by atoms with Gasteiger partial charge in [-0.2, -0.15) is 0 Å². The van der Waals surface area contributed by atoms with Crippen molar-refractivity contribution in [2.45, 2.75) is 0 Å². The third-order valence-corrected chi connectivity index (χ3v) is 2.31. The Balaban J connectivity index is 2.94. The lowest BCUT2D eigenvalue weighted by Gasteiger charge is -2.07. The van der Waals surface area contributed by atoms with Crippen molar-refractivity contribution in [1.29, 1.82) is 0 Å². The normalized spacial score (nSPS) is 9.29. The molecule has 0 heterocycles. The van der Waals surface area contributed by atoms with Crippen LogP contribution in [0.4, 0.5) is 5.69 Å². The van der Waals surface area contributed by atoms with E-state index in [1.807, 2.05) is 0 Å². The van der Waals surface area contributed by atoms with Gasteiger partial charge in [0.15, 0.2) is 0 Å². The van der Waals surface area contributed by atoms with Crippen molar-refractivity contribution in [2.24, 2.45) is 0 Å². The number of hydrogen-bond donors (Lipinski definition) is 1. The van der Waals surface area contributed by atoms with Gasteiger partial charge in [0.25, 0.3) is 0 Å². The van der Waals surface area contributed by atoms with E-state index in [1.54, 1.807) is 25.3 Å². The van der Waals surface area contributed by atoms with E-state index < -0.39 is 0 Å². The Kier molecular flexibility index (Phi) is 3.71. The van der Waals surface area contributed by atoms with Gasteiger partial charge in [-0.1, -0.05) is 6.58 Å². The summed E-state index contributed by atoms with van der Waals surface area (Å²) in [6.07, 6.45) is 1.21. The van der Waals surface area contributed by atoms with Gasteiger partial charge in [-0.3, -0.25) is 4.79 Å². The van der Waals surface area contributed by atoms with Crippen LogP contribution in [0.15, 0.2) is 35.3 Å². The molecule has 1 aromatic carbocycles. The van der Waals surface area contributed by atoms with Crippen molar-refractivity contribution >= 4 is 27.5 Å². The van der Waals surface area contributed by atoms with Crippen molar-refractivity contribution in [3.05, 3.63) is 35.3 Å². The van der Waals surface area contributed by atoms with Crippen LogP contribution in [0.25, 0.3) is 0 Å². The Bertz CT molecular complexity index is 363. The smallest absolute Gasteiger partial charge is 0.247 e. The van der Waals surface area contributed by atoms with E-state index in [4.69, 9.17) is 4.74 Å². The molecule has 0 saturated carbocycles. The molecule has 0 aromatic heterocycles. The highest BCUT2D eigenvalue weighted by atomic mass is 79.9. The average Bonchev–Trinajstić information content (AvgIpc) is 2.21. The summed E-state index contributed by atoms with van der Waals surface area (Å²) in [6, 6.07) is 5.33. The molecule has 1 rings (SSSR count). The molecule has 0 fully saturated rings. The first-order chi connectivity index (χ1) is 6.67. The summed E-state index contributed by atoms with van der Waals surface area (Å²) in [4.78, 5) is 11.0. The lowest BCUT2D eigenvalue weighted by molar-refractivity contribution is -0.111. The van der Waals surface area contributed by atoms with Crippen molar-refractivity contribution in [2.75, 3.05) is 12.4 Å². The second-order valence-electron chi connectivity index (χ2n) is 2.54. The van der Waals surface area contributed by atoms with Gasteiger partial charge >= 0.3 is 0 Å². The van der Waals surface area contributed by atoms with Crippen LogP contribution in [0.5, 0.6) is 5.75 Å². The monoisotopic (exact) mass is 255 g/mol. The number of amides is 1. The fourth-order valence-electron chi connectivity index (χ4n) is 0.911. The fourth-order valence-corrected chi connectivity index (χ4v) is 1.26. The molecular weight excluding hydrogens is 246 g/mol. The van der Waals surface area contributed by atoms with E-state index in [1.165, 1.54) is 6.08 Å². The Morgan fingerprint density at radius 2 is 2.36 bits per heavy atom. The van der Waals surface area contributed by atoms with Crippen molar-refractivity contribution in [3.8, 4) is 5.75 Å². The molecule has 1 amide bonds. The van der Waals surface area contributed by atoms with Crippen molar-refractivity contribution in [3.63, 3.8) is 0 Å². The third kappa shape index (κ3) is 2.60. The Labute approximate surface area is 90.9 Å². The molecule has 0 aliphatic rings. The molecule has 74 valence electrons. The maximum Gasteiger partial charge on any atom is 0.247 e. The van der Waals surface area contributed by atoms with E-state index in [-0.39, 0.29) is 5.91 Å². The molecule has 0 unspecified atom stereocenters. The maximum atomic E-state index is 11.0. The number of ether oxygens (including phenoxy) is 1. The van der Waals surface area contributed by atoms with E-state index in [2.05, 4.69) is 27.8 Å². The van der Waals surface area contributed by atoms with E-state index >= 15 is 0 Å². The lowest BCUT2D eigenvalue weighted by Crippen LogP contribution is -2.07. The van der Waals surface area contributed by atoms with Gasteiger partial charge in [0, 0.05) is 10.5 Å². The molecule has 1 N–H and O–H groups in total. The Morgan fingerprint density at radius 1 is 1.64 bits per heavy atom. The van der Waals surface area contributed by atoms with Gasteiger partial charge in [-0.25, -0.2) is 0 Å². The van der Waals surface area contributed by atoms with Crippen molar-refractivity contribution in [1.82, 2.24) is 0 Å². The molecule has 0 spiro atoms. The summed E-state index contributed by atoms with van der Waals surface area (Å²) < 4.78 is 5.83. The molecule has 0 radical (unpaired) electrons. The maximum absolute atomic E-state index is 11.0. The SMILES string of the molecule is C=CC(=O)Nc1cc(OC)ccc1Br. The second kappa shape index (κ2) is 4.81. The lowest BCUT2D eigenvalue weighted by atomic mass is 10.3. The summed E-state index contributed by atoms with van der Waals surface area (Å²) >= 11 is 3.31. The number of methoxy groups -OCH3 is 1. The summed E-state index contributed by atoms with van der Waals surface area (Å²) in [5.74, 6) is 0.437. The largest absolute Gasteiger partial charge is 0.497 e. The summed E-state index contributed by atoms with van der Waals surface area (Å²) in [5.41, 5.74) is 0.661. The summed E-state index contributed by atoms with van der Waals surface area (Å²) in [6.45, 7) is 3.37. The van der Waals surface area contributed by atoms with Gasteiger partial charge in [0.2, 0.25) is 5.91 Å². The number of halogens is 1. The first-order valence-corrected chi connectivity index (χ1v) is 4.73. The van der Waals surface area contributed by atoms with Crippen LogP contribution < -0.4 is 10.1 Å². The first-order valence-electron chi connectivity index (χ1n) is 3.94.